The van der Waals surface area contributed by atoms with Gasteiger partial charge in [0.25, 0.3) is 0 Å². The molecule has 1 heterocycles. The largest absolute Gasteiger partial charge is 0.462 e. The summed E-state index contributed by atoms with van der Waals surface area (Å²) in [4.78, 5) is 29.8. The van der Waals surface area contributed by atoms with Crippen molar-refractivity contribution in [1.82, 2.24) is 10.2 Å². The summed E-state index contributed by atoms with van der Waals surface area (Å²) in [6, 6.07) is 10.1. The van der Waals surface area contributed by atoms with Gasteiger partial charge in [0, 0.05) is 36.6 Å². The minimum atomic E-state index is -2.92. The van der Waals surface area contributed by atoms with Gasteiger partial charge >= 0.3 is 11.9 Å². The van der Waals surface area contributed by atoms with E-state index in [0.29, 0.717) is 72.1 Å². The number of benzene rings is 1. The molecule has 1 saturated heterocycles. The Hall–Kier alpha value is -1.97. The average molecular weight is 889 g/mol. The molecule has 0 radical (unpaired) electrons. The molecule has 1 aromatic rings. The summed E-state index contributed by atoms with van der Waals surface area (Å²) >= 11 is 0. The van der Waals surface area contributed by atoms with E-state index >= 15 is 0 Å². The third kappa shape index (κ3) is 7.42. The lowest BCUT2D eigenvalue weighted by Crippen LogP contribution is -2.69. The van der Waals surface area contributed by atoms with Crippen molar-refractivity contribution in [2.24, 2.45) is 79.8 Å². The van der Waals surface area contributed by atoms with E-state index in [1.165, 1.54) is 64.2 Å². The van der Waals surface area contributed by atoms with Gasteiger partial charge in [-0.05, 0) is 152 Å². The van der Waals surface area contributed by atoms with Crippen molar-refractivity contribution in [1.29, 1.82) is 0 Å². The third-order valence-corrected chi connectivity index (χ3v) is 23.5. The number of sulfone groups is 1. The minimum Gasteiger partial charge on any atom is -0.462 e. The first kappa shape index (κ1) is 46.2. The Morgan fingerprint density at radius 3 is 2.06 bits per heavy atom. The molecule has 1 aromatic carbocycles. The van der Waals surface area contributed by atoms with Crippen LogP contribution in [0.15, 0.2) is 30.3 Å². The summed E-state index contributed by atoms with van der Waals surface area (Å²) in [5.74, 6) is 3.41. The molecule has 9 heteroatoms. The van der Waals surface area contributed by atoms with E-state index in [0.717, 1.165) is 30.9 Å². The molecule has 0 aromatic heterocycles. The van der Waals surface area contributed by atoms with Crippen LogP contribution in [0.3, 0.4) is 0 Å². The summed E-state index contributed by atoms with van der Waals surface area (Å²) < 4.78 is 37.2. The highest BCUT2D eigenvalue weighted by molar-refractivity contribution is 7.91. The number of ether oxygens (including phenoxy) is 2. The van der Waals surface area contributed by atoms with Crippen molar-refractivity contribution in [3.8, 4) is 0 Å². The molecule has 8 aliphatic rings. The molecule has 352 valence electrons. The summed E-state index contributed by atoms with van der Waals surface area (Å²) in [6.07, 6.45) is 15.4. The Bertz CT molecular complexity index is 2000. The molecule has 1 N–H and O–H groups in total. The quantitative estimate of drug-likeness (QED) is 0.219. The number of nitrogens with zero attached hydrogens (tertiary/aromatic N) is 1. The minimum absolute atomic E-state index is 0.122. The van der Waals surface area contributed by atoms with Crippen LogP contribution in [0.5, 0.6) is 0 Å². The molecule has 1 aliphatic heterocycles. The fraction of sp³-hybridized carbons (Fsp3) is 0.852. The Kier molecular flexibility index (Phi) is 11.6. The number of carbonyl (C=O) groups excluding carboxylic acids is 2. The maximum Gasteiger partial charge on any atom is 0.309 e. The molecular formula is C54H84N2O6S. The van der Waals surface area contributed by atoms with Gasteiger partial charge in [-0.2, -0.15) is 0 Å². The first-order chi connectivity index (χ1) is 29.5. The maximum atomic E-state index is 14.1. The van der Waals surface area contributed by atoms with Gasteiger partial charge in [0.2, 0.25) is 0 Å². The predicted molar refractivity (Wildman–Crippen MR) is 250 cm³/mol. The van der Waals surface area contributed by atoms with E-state index in [2.05, 4.69) is 65.6 Å². The molecule has 63 heavy (non-hydrogen) atoms. The van der Waals surface area contributed by atoms with Crippen LogP contribution in [-0.2, 0) is 35.5 Å². The van der Waals surface area contributed by atoms with Crippen LogP contribution >= 0.6 is 0 Å². The lowest BCUT2D eigenvalue weighted by Gasteiger charge is -2.73. The zero-order valence-corrected chi connectivity index (χ0v) is 41.7. The van der Waals surface area contributed by atoms with Gasteiger partial charge in [-0.1, -0.05) is 99.6 Å². The van der Waals surface area contributed by atoms with Crippen LogP contribution in [0, 0.1) is 79.8 Å². The van der Waals surface area contributed by atoms with Gasteiger partial charge in [-0.15, -0.1) is 0 Å². The van der Waals surface area contributed by atoms with Gasteiger partial charge < -0.3 is 14.8 Å². The van der Waals surface area contributed by atoms with Crippen molar-refractivity contribution in [3.63, 3.8) is 0 Å². The maximum absolute atomic E-state index is 14.1. The predicted octanol–water partition coefficient (Wildman–Crippen LogP) is 10.3. The standard InChI is InChI=1S/C54H84N2O6S/c1-35(2)41(56-28-30-63(59,60)31-29-56)33-55-54-23-18-37(50(7)24-25-50)45(54)38-16-17-43-51(8)21-20-44(49(5,6)42(51)19-22-53(43,10)52(38,9)26-27-54)62-47(58)40-32-39(48(40,3)4)46(57)61-34-36-14-12-11-13-15-36/h11-15,35,37-45,55H,16-34H2,1-10H3/t37-,38-,39+,40-,41+,42+,43-,44+,45?,51+,52-,53-,54+/m1/s1. The Morgan fingerprint density at radius 2 is 1.41 bits per heavy atom. The Morgan fingerprint density at radius 1 is 0.730 bits per heavy atom. The molecule has 9 rings (SSSR count). The van der Waals surface area contributed by atoms with Crippen LogP contribution in [0.2, 0.25) is 0 Å². The van der Waals surface area contributed by atoms with Gasteiger partial charge in [-0.25, -0.2) is 8.42 Å². The summed E-state index contributed by atoms with van der Waals surface area (Å²) in [6.45, 7) is 26.9. The van der Waals surface area contributed by atoms with Crippen molar-refractivity contribution in [2.45, 2.75) is 177 Å². The zero-order chi connectivity index (χ0) is 45.2. The lowest BCUT2D eigenvalue weighted by molar-refractivity contribution is -0.250. The second kappa shape index (κ2) is 15.8. The molecular weight excluding hydrogens is 805 g/mol. The van der Waals surface area contributed by atoms with E-state index in [4.69, 9.17) is 9.47 Å². The second-order valence-corrected chi connectivity index (χ2v) is 27.9. The average Bonchev–Trinajstić information content (AvgIpc) is 3.85. The molecule has 8 fully saturated rings. The highest BCUT2D eigenvalue weighted by Gasteiger charge is 2.72. The van der Waals surface area contributed by atoms with Crippen molar-refractivity contribution in [3.05, 3.63) is 35.9 Å². The number of carbonyl (C=O) groups is 2. The van der Waals surface area contributed by atoms with Crippen LogP contribution in [0.25, 0.3) is 0 Å². The zero-order valence-electron chi connectivity index (χ0n) is 40.9. The number of rotatable bonds is 11. The van der Waals surface area contributed by atoms with Crippen LogP contribution in [0.1, 0.15) is 158 Å². The van der Waals surface area contributed by atoms with E-state index in [-0.39, 0.29) is 63.7 Å². The van der Waals surface area contributed by atoms with Crippen LogP contribution < -0.4 is 5.32 Å². The van der Waals surface area contributed by atoms with Gasteiger partial charge in [0.1, 0.15) is 12.7 Å². The van der Waals surface area contributed by atoms with Gasteiger partial charge in [0.05, 0.1) is 23.3 Å². The fourth-order valence-electron chi connectivity index (χ4n) is 17.4. The molecule has 7 saturated carbocycles. The van der Waals surface area contributed by atoms with Crippen LogP contribution in [0.4, 0.5) is 0 Å². The number of fused-ring (bicyclic) bond motifs is 7. The van der Waals surface area contributed by atoms with Crippen molar-refractivity contribution >= 4 is 21.8 Å². The first-order valence-electron chi connectivity index (χ1n) is 25.6. The van der Waals surface area contributed by atoms with E-state index in [9.17, 15) is 18.0 Å². The molecule has 8 nitrogen and oxygen atoms in total. The molecule has 0 bridgehead atoms. The smallest absolute Gasteiger partial charge is 0.309 e. The third-order valence-electron chi connectivity index (χ3n) is 21.9. The first-order valence-corrected chi connectivity index (χ1v) is 27.4. The topological polar surface area (TPSA) is 102 Å². The second-order valence-electron chi connectivity index (χ2n) is 25.6. The summed E-state index contributed by atoms with van der Waals surface area (Å²) in [5, 5.41) is 4.43. The number of esters is 2. The summed E-state index contributed by atoms with van der Waals surface area (Å²) in [7, 11) is -2.92. The molecule has 0 spiro atoms. The van der Waals surface area contributed by atoms with Crippen molar-refractivity contribution in [2.75, 3.05) is 31.1 Å². The number of hydrogen-bond donors (Lipinski definition) is 1. The molecule has 13 atom stereocenters. The summed E-state index contributed by atoms with van der Waals surface area (Å²) in [5.41, 5.74) is 1.69. The van der Waals surface area contributed by atoms with Crippen molar-refractivity contribution < 1.29 is 27.5 Å². The molecule has 1 unspecified atom stereocenters. The number of hydrogen-bond acceptors (Lipinski definition) is 8. The highest BCUT2D eigenvalue weighted by atomic mass is 32.2. The number of nitrogens with one attached hydrogen (secondary N) is 1. The lowest BCUT2D eigenvalue weighted by atomic mass is 9.32. The van der Waals surface area contributed by atoms with Crippen LogP contribution in [-0.4, -0.2) is 74.1 Å². The Balaban J connectivity index is 0.892. The van der Waals surface area contributed by atoms with Gasteiger partial charge in [0.15, 0.2) is 9.84 Å². The van der Waals surface area contributed by atoms with E-state index < -0.39 is 15.3 Å². The SMILES string of the molecule is CC(C)[C@H](CN[C@]12CC[C@@H](C3(C)CC3)C1[C@H]1CC[C@@H]3[C@@]4(C)CC[C@H](OC(=O)[C@H]5C[C@@H](C(=O)OCc6ccccc6)C5(C)C)C(C)(C)[C@@H]4CC[C@@]3(C)[C@]1(C)CC2)N1CCS(=O)(=O)CC1. The molecule has 0 amide bonds. The fourth-order valence-corrected chi connectivity index (χ4v) is 18.6. The highest BCUT2D eigenvalue weighted by Crippen LogP contribution is 2.78. The van der Waals surface area contributed by atoms with E-state index in [1.807, 2.05) is 44.2 Å². The Labute approximate surface area is 381 Å². The monoisotopic (exact) mass is 889 g/mol. The van der Waals surface area contributed by atoms with Gasteiger partial charge in [-0.3, -0.25) is 14.5 Å². The normalized spacial score (nSPS) is 43.5. The molecule has 7 aliphatic carbocycles. The van der Waals surface area contributed by atoms with E-state index in [1.54, 1.807) is 0 Å².